The van der Waals surface area contributed by atoms with Crippen LogP contribution in [0, 0.1) is 0 Å². The molecule has 0 aromatic heterocycles. The molecule has 0 radical (unpaired) electrons. The molecule has 0 amide bonds. The summed E-state index contributed by atoms with van der Waals surface area (Å²) in [6, 6.07) is 1.84. The predicted molar refractivity (Wildman–Crippen MR) is 122 cm³/mol. The van der Waals surface area contributed by atoms with Crippen LogP contribution in [0.5, 0.6) is 0 Å². The van der Waals surface area contributed by atoms with Crippen LogP contribution >= 0.6 is 34.8 Å². The number of carboxylic acid groups (broad SMARTS) is 1. The van der Waals surface area contributed by atoms with Gasteiger partial charge in [0.1, 0.15) is 0 Å². The summed E-state index contributed by atoms with van der Waals surface area (Å²) in [6.07, 6.45) is 20.2. The Morgan fingerprint density at radius 1 is 0.793 bits per heavy atom. The van der Waals surface area contributed by atoms with Gasteiger partial charge in [0.15, 0.2) is 5.96 Å². The van der Waals surface area contributed by atoms with Crippen molar-refractivity contribution < 1.29 is 9.90 Å². The van der Waals surface area contributed by atoms with Crippen LogP contribution in [0.25, 0.3) is 0 Å². The van der Waals surface area contributed by atoms with E-state index in [1.54, 1.807) is 0 Å². The van der Waals surface area contributed by atoms with E-state index in [1.807, 2.05) is 0 Å². The molecule has 0 aromatic rings. The van der Waals surface area contributed by atoms with Crippen molar-refractivity contribution in [2.45, 2.75) is 118 Å². The van der Waals surface area contributed by atoms with E-state index in [0.717, 1.165) is 5.96 Å². The first-order valence-electron chi connectivity index (χ1n) is 11.2. The lowest BCUT2D eigenvalue weighted by molar-refractivity contribution is -0.135. The molecule has 3 N–H and O–H groups in total. The average Bonchev–Trinajstić information content (AvgIpc) is 2.70. The lowest BCUT2D eigenvalue weighted by Crippen LogP contribution is -2.52. The lowest BCUT2D eigenvalue weighted by atomic mass is 9.89. The quantitative estimate of drug-likeness (QED) is 0.300. The molecule has 3 rings (SSSR count). The molecule has 0 heterocycles. The van der Waals surface area contributed by atoms with E-state index in [2.05, 4.69) is 4.90 Å². The maximum absolute atomic E-state index is 9.62. The second-order valence-electron chi connectivity index (χ2n) is 8.57. The van der Waals surface area contributed by atoms with Gasteiger partial charge in [-0.3, -0.25) is 0 Å². The topological polar surface area (TPSA) is 78.9 Å². The number of nitrogens with two attached hydrogens (primary N) is 1. The minimum atomic E-state index is -2.17. The highest BCUT2D eigenvalue weighted by Crippen LogP contribution is 2.30. The van der Waals surface area contributed by atoms with Crippen molar-refractivity contribution in [1.29, 1.82) is 0 Å². The molecular formula is C21H36Cl3N3O2. The number of halogens is 3. The highest BCUT2D eigenvalue weighted by Gasteiger charge is 2.31. The number of nitrogens with zero attached hydrogens (tertiary/aromatic N) is 2. The smallest absolute Gasteiger partial charge is 0.356 e. The van der Waals surface area contributed by atoms with E-state index in [1.165, 1.54) is 96.3 Å². The molecule has 8 heteroatoms. The molecule has 0 aliphatic heterocycles. The first kappa shape index (κ1) is 24.9. The van der Waals surface area contributed by atoms with Gasteiger partial charge in [-0.15, -0.1) is 0 Å². The van der Waals surface area contributed by atoms with E-state index in [-0.39, 0.29) is 0 Å². The van der Waals surface area contributed by atoms with Gasteiger partial charge >= 0.3 is 5.97 Å². The largest absolute Gasteiger partial charge is 0.478 e. The molecule has 0 saturated heterocycles. The number of alkyl halides is 3. The fourth-order valence-corrected chi connectivity index (χ4v) is 4.85. The number of hydrogen-bond donors (Lipinski definition) is 2. The lowest BCUT2D eigenvalue weighted by Gasteiger charge is -2.42. The number of carbonyl (C=O) groups is 1. The molecule has 3 aliphatic rings. The van der Waals surface area contributed by atoms with Crippen LogP contribution < -0.4 is 5.73 Å². The number of rotatable bonds is 3. The van der Waals surface area contributed by atoms with Gasteiger partial charge in [0, 0.05) is 12.1 Å². The van der Waals surface area contributed by atoms with E-state index < -0.39 is 9.76 Å². The summed E-state index contributed by atoms with van der Waals surface area (Å²) in [7, 11) is 0. The summed E-state index contributed by atoms with van der Waals surface area (Å²) in [4.78, 5) is 17.2. The number of guanidine groups is 1. The van der Waals surface area contributed by atoms with Crippen LogP contribution in [-0.4, -0.2) is 43.9 Å². The monoisotopic (exact) mass is 467 g/mol. The van der Waals surface area contributed by atoms with Crippen LogP contribution in [0.2, 0.25) is 0 Å². The third-order valence-electron chi connectivity index (χ3n) is 6.33. The molecule has 29 heavy (non-hydrogen) atoms. The zero-order valence-corrected chi connectivity index (χ0v) is 19.6. The zero-order valence-electron chi connectivity index (χ0n) is 17.3. The third-order valence-corrected chi connectivity index (χ3v) is 6.82. The van der Waals surface area contributed by atoms with Gasteiger partial charge in [0.2, 0.25) is 0 Å². The molecule has 3 fully saturated rings. The first-order valence-corrected chi connectivity index (χ1v) is 12.3. The van der Waals surface area contributed by atoms with E-state index in [9.17, 15) is 4.79 Å². The van der Waals surface area contributed by atoms with Crippen molar-refractivity contribution in [2.24, 2.45) is 10.7 Å². The third kappa shape index (κ3) is 8.70. The normalized spacial score (nSPS) is 23.2. The predicted octanol–water partition coefficient (Wildman–Crippen LogP) is 6.04. The van der Waals surface area contributed by atoms with E-state index >= 15 is 0 Å². The second kappa shape index (κ2) is 12.5. The SMILES string of the molecule is N/C(=N\C1CCCCC1)N(C1CCCCC1)C1CCCCC1.O=C(O)C(Cl)(Cl)Cl. The summed E-state index contributed by atoms with van der Waals surface area (Å²) < 4.78 is -2.17. The average molecular weight is 469 g/mol. The fourth-order valence-electron chi connectivity index (χ4n) is 4.85. The van der Waals surface area contributed by atoms with Crippen LogP contribution in [0.3, 0.4) is 0 Å². The van der Waals surface area contributed by atoms with Crippen molar-refractivity contribution in [3.8, 4) is 0 Å². The summed E-state index contributed by atoms with van der Waals surface area (Å²) in [5.74, 6) is -0.566. The van der Waals surface area contributed by atoms with Gasteiger partial charge in [0.05, 0.1) is 6.04 Å². The van der Waals surface area contributed by atoms with Crippen molar-refractivity contribution >= 4 is 46.7 Å². The number of aliphatic carboxylic acids is 1. The molecule has 0 bridgehead atoms. The molecular weight excluding hydrogens is 433 g/mol. The Balaban J connectivity index is 0.000000370. The minimum Gasteiger partial charge on any atom is -0.478 e. The highest BCUT2D eigenvalue weighted by atomic mass is 35.6. The molecule has 0 atom stereocenters. The number of aliphatic imine (C=N–C) groups is 1. The van der Waals surface area contributed by atoms with Gasteiger partial charge in [-0.05, 0) is 38.5 Å². The Bertz CT molecular complexity index is 504. The first-order chi connectivity index (χ1) is 13.8. The van der Waals surface area contributed by atoms with Crippen molar-refractivity contribution in [3.63, 3.8) is 0 Å². The zero-order chi connectivity index (χ0) is 21.3. The minimum absolute atomic E-state index is 0.503. The van der Waals surface area contributed by atoms with Crippen LogP contribution in [0.1, 0.15) is 96.3 Å². The summed E-state index contributed by atoms with van der Waals surface area (Å²) in [5, 5.41) is 7.85. The summed E-state index contributed by atoms with van der Waals surface area (Å²) >= 11 is 14.4. The van der Waals surface area contributed by atoms with Gasteiger partial charge in [-0.1, -0.05) is 92.6 Å². The molecule has 0 aromatic carbocycles. The Labute approximate surface area is 190 Å². The molecule has 3 saturated carbocycles. The van der Waals surface area contributed by atoms with Crippen molar-refractivity contribution in [2.75, 3.05) is 0 Å². The maximum Gasteiger partial charge on any atom is 0.356 e. The Morgan fingerprint density at radius 2 is 1.14 bits per heavy atom. The van der Waals surface area contributed by atoms with Gasteiger partial charge in [0.25, 0.3) is 3.79 Å². The van der Waals surface area contributed by atoms with Gasteiger partial charge < -0.3 is 15.7 Å². The molecule has 5 nitrogen and oxygen atoms in total. The van der Waals surface area contributed by atoms with Crippen molar-refractivity contribution in [1.82, 2.24) is 4.90 Å². The molecule has 3 aliphatic carbocycles. The highest BCUT2D eigenvalue weighted by molar-refractivity contribution is 6.75. The molecule has 168 valence electrons. The second-order valence-corrected chi connectivity index (χ2v) is 10.9. The summed E-state index contributed by atoms with van der Waals surface area (Å²) in [6.45, 7) is 0. The van der Waals surface area contributed by atoms with Gasteiger partial charge in [-0.25, -0.2) is 9.79 Å². The number of hydrogen-bond acceptors (Lipinski definition) is 2. The van der Waals surface area contributed by atoms with Crippen molar-refractivity contribution in [3.05, 3.63) is 0 Å². The number of carboxylic acids is 1. The van der Waals surface area contributed by atoms with Gasteiger partial charge in [-0.2, -0.15) is 0 Å². The Morgan fingerprint density at radius 3 is 1.48 bits per heavy atom. The van der Waals surface area contributed by atoms with Crippen LogP contribution in [0.15, 0.2) is 4.99 Å². The van der Waals surface area contributed by atoms with E-state index in [0.29, 0.717) is 18.1 Å². The van der Waals surface area contributed by atoms with E-state index in [4.69, 9.17) is 50.6 Å². The molecule has 0 spiro atoms. The molecule has 0 unspecified atom stereocenters. The van der Waals surface area contributed by atoms with Crippen LogP contribution in [-0.2, 0) is 4.79 Å². The summed E-state index contributed by atoms with van der Waals surface area (Å²) in [5.41, 5.74) is 6.59. The van der Waals surface area contributed by atoms with Crippen LogP contribution in [0.4, 0.5) is 0 Å². The Kier molecular flexibility index (Phi) is 10.7. The maximum atomic E-state index is 9.62. The Hall–Kier alpha value is -0.390. The standard InChI is InChI=1S/C19H35N3.C2HCl3O2/c20-19(21-16-10-4-1-5-11-16)22(17-12-6-2-7-13-17)18-14-8-3-9-15-18;3-2(4,5)1(6)7/h16-18H,1-15H2,(H2,20,21);(H,6,7). The fraction of sp³-hybridized carbons (Fsp3) is 0.905.